The van der Waals surface area contributed by atoms with Gasteiger partial charge in [0.25, 0.3) is 11.8 Å². The number of hydrogen-bond acceptors (Lipinski definition) is 3. The van der Waals surface area contributed by atoms with Gasteiger partial charge in [0.15, 0.2) is 0 Å². The van der Waals surface area contributed by atoms with Crippen LogP contribution in [0.25, 0.3) is 0 Å². The lowest BCUT2D eigenvalue weighted by molar-refractivity contribution is -0.125. The zero-order chi connectivity index (χ0) is 19.6. The Morgan fingerprint density at radius 2 is 1.52 bits per heavy atom. The van der Waals surface area contributed by atoms with Gasteiger partial charge in [0, 0.05) is 6.54 Å². The number of carbonyl (C=O) groups is 3. The van der Waals surface area contributed by atoms with Crippen molar-refractivity contribution in [2.75, 3.05) is 0 Å². The van der Waals surface area contributed by atoms with Crippen LogP contribution < -0.4 is 5.32 Å². The van der Waals surface area contributed by atoms with E-state index < -0.39 is 17.9 Å². The van der Waals surface area contributed by atoms with E-state index in [0.29, 0.717) is 24.1 Å². The van der Waals surface area contributed by atoms with E-state index in [1.165, 1.54) is 0 Å². The molecule has 5 nitrogen and oxygen atoms in total. The Bertz CT molecular complexity index is 854. The summed E-state index contributed by atoms with van der Waals surface area (Å²) in [5.74, 6) is -0.940. The summed E-state index contributed by atoms with van der Waals surface area (Å²) in [5.41, 5.74) is 2.82. The van der Waals surface area contributed by atoms with Gasteiger partial charge in [0.2, 0.25) is 5.91 Å². The van der Waals surface area contributed by atoms with Crippen LogP contribution in [-0.4, -0.2) is 28.7 Å². The van der Waals surface area contributed by atoms with Gasteiger partial charge < -0.3 is 5.32 Å². The summed E-state index contributed by atoms with van der Waals surface area (Å²) in [5, 5.41) is 2.90. The average molecular weight is 364 g/mol. The third-order valence-corrected chi connectivity index (χ3v) is 4.85. The molecule has 5 heteroatoms. The van der Waals surface area contributed by atoms with Gasteiger partial charge in [-0.05, 0) is 42.5 Å². The summed E-state index contributed by atoms with van der Waals surface area (Å²) < 4.78 is 0. The highest BCUT2D eigenvalue weighted by atomic mass is 16.2. The molecule has 0 aliphatic carbocycles. The van der Waals surface area contributed by atoms with Gasteiger partial charge >= 0.3 is 0 Å². The van der Waals surface area contributed by atoms with Crippen molar-refractivity contribution in [1.29, 1.82) is 0 Å². The minimum atomic E-state index is -0.818. The highest BCUT2D eigenvalue weighted by Gasteiger charge is 2.42. The Kier molecular flexibility index (Phi) is 5.40. The Balaban J connectivity index is 1.82. The summed E-state index contributed by atoms with van der Waals surface area (Å²) in [6.07, 6.45) is 0.422. The third kappa shape index (κ3) is 3.77. The van der Waals surface area contributed by atoms with Crippen molar-refractivity contribution in [3.05, 3.63) is 70.8 Å². The number of benzene rings is 2. The lowest BCUT2D eigenvalue weighted by Gasteiger charge is -2.27. The number of aryl methyl sites for hydroxylation is 1. The maximum Gasteiger partial charge on any atom is 0.262 e. The van der Waals surface area contributed by atoms with Crippen molar-refractivity contribution in [2.24, 2.45) is 5.92 Å². The van der Waals surface area contributed by atoms with Gasteiger partial charge in [-0.2, -0.15) is 0 Å². The van der Waals surface area contributed by atoms with E-state index in [4.69, 9.17) is 0 Å². The monoisotopic (exact) mass is 364 g/mol. The number of carbonyl (C=O) groups excluding carboxylic acids is 3. The zero-order valence-electron chi connectivity index (χ0n) is 15.9. The van der Waals surface area contributed by atoms with E-state index in [1.807, 2.05) is 45.0 Å². The smallest absolute Gasteiger partial charge is 0.262 e. The number of nitrogens with zero attached hydrogens (tertiary/aromatic N) is 1. The fourth-order valence-corrected chi connectivity index (χ4v) is 3.38. The maximum absolute atomic E-state index is 12.9. The molecule has 0 spiro atoms. The Labute approximate surface area is 159 Å². The van der Waals surface area contributed by atoms with E-state index in [0.717, 1.165) is 16.0 Å². The highest BCUT2D eigenvalue weighted by Crippen LogP contribution is 2.27. The minimum Gasteiger partial charge on any atom is -0.350 e. The van der Waals surface area contributed by atoms with Crippen molar-refractivity contribution < 1.29 is 14.4 Å². The highest BCUT2D eigenvalue weighted by molar-refractivity contribution is 6.22. The molecule has 140 valence electrons. The maximum atomic E-state index is 12.9. The number of amides is 3. The predicted molar refractivity (Wildman–Crippen MR) is 103 cm³/mol. The number of nitrogens with one attached hydrogen (secondary N) is 1. The van der Waals surface area contributed by atoms with E-state index in [-0.39, 0.29) is 11.8 Å². The molecule has 0 radical (unpaired) electrons. The number of fused-ring (bicyclic) bond motifs is 1. The van der Waals surface area contributed by atoms with Crippen LogP contribution in [-0.2, 0) is 11.3 Å². The third-order valence-electron chi connectivity index (χ3n) is 4.85. The second kappa shape index (κ2) is 7.74. The fourth-order valence-electron chi connectivity index (χ4n) is 3.38. The summed E-state index contributed by atoms with van der Waals surface area (Å²) >= 11 is 0. The van der Waals surface area contributed by atoms with Crippen molar-refractivity contribution in [1.82, 2.24) is 10.2 Å². The molecule has 1 aliphatic rings. The normalized spacial score (nSPS) is 14.4. The largest absolute Gasteiger partial charge is 0.350 e. The first-order chi connectivity index (χ1) is 12.9. The molecule has 0 aromatic heterocycles. The molecule has 0 bridgehead atoms. The second-order valence-corrected chi connectivity index (χ2v) is 7.32. The SMILES string of the molecule is Cc1ccccc1CNC(=O)C(CC(C)C)N1C(=O)c2ccccc2C1=O. The second-order valence-electron chi connectivity index (χ2n) is 7.32. The van der Waals surface area contributed by atoms with Gasteiger partial charge in [0.05, 0.1) is 11.1 Å². The van der Waals surface area contributed by atoms with Gasteiger partial charge in [-0.1, -0.05) is 50.2 Å². The number of imide groups is 1. The molecule has 3 rings (SSSR count). The van der Waals surface area contributed by atoms with Gasteiger partial charge in [-0.15, -0.1) is 0 Å². The van der Waals surface area contributed by atoms with Crippen LogP contribution in [0.15, 0.2) is 48.5 Å². The first-order valence-corrected chi connectivity index (χ1v) is 9.19. The van der Waals surface area contributed by atoms with Crippen molar-refractivity contribution >= 4 is 17.7 Å². The van der Waals surface area contributed by atoms with Crippen LogP contribution in [0.5, 0.6) is 0 Å². The van der Waals surface area contributed by atoms with E-state index in [9.17, 15) is 14.4 Å². The van der Waals surface area contributed by atoms with E-state index in [1.54, 1.807) is 24.3 Å². The van der Waals surface area contributed by atoms with Crippen molar-refractivity contribution in [3.8, 4) is 0 Å². The minimum absolute atomic E-state index is 0.156. The molecule has 1 unspecified atom stereocenters. The predicted octanol–water partition coefficient (Wildman–Crippen LogP) is 3.32. The average Bonchev–Trinajstić information content (AvgIpc) is 2.90. The molecule has 1 N–H and O–H groups in total. The Morgan fingerprint density at radius 3 is 2.07 bits per heavy atom. The first-order valence-electron chi connectivity index (χ1n) is 9.19. The molecule has 0 fully saturated rings. The quantitative estimate of drug-likeness (QED) is 0.800. The molecule has 2 aromatic rings. The molecular formula is C22H24N2O3. The lowest BCUT2D eigenvalue weighted by atomic mass is 10.0. The number of hydrogen-bond donors (Lipinski definition) is 1. The van der Waals surface area contributed by atoms with Gasteiger partial charge in [-0.25, -0.2) is 0 Å². The van der Waals surface area contributed by atoms with Crippen molar-refractivity contribution in [2.45, 2.75) is 39.8 Å². The molecular weight excluding hydrogens is 340 g/mol. The molecule has 0 saturated carbocycles. The molecule has 27 heavy (non-hydrogen) atoms. The van der Waals surface area contributed by atoms with Crippen LogP contribution in [0.1, 0.15) is 52.1 Å². The molecule has 1 atom stereocenters. The van der Waals surface area contributed by atoms with E-state index in [2.05, 4.69) is 5.32 Å². The topological polar surface area (TPSA) is 66.5 Å². The molecule has 3 amide bonds. The molecule has 1 heterocycles. The van der Waals surface area contributed by atoms with Crippen molar-refractivity contribution in [3.63, 3.8) is 0 Å². The summed E-state index contributed by atoms with van der Waals surface area (Å²) in [4.78, 5) is 39.6. The van der Waals surface area contributed by atoms with Crippen LogP contribution >= 0.6 is 0 Å². The molecule has 0 saturated heterocycles. The standard InChI is InChI=1S/C22H24N2O3/c1-14(2)12-19(20(25)23-13-16-9-5-4-8-15(16)3)24-21(26)17-10-6-7-11-18(17)22(24)27/h4-11,14,19H,12-13H2,1-3H3,(H,23,25). The summed E-state index contributed by atoms with van der Waals surface area (Å²) in [6, 6.07) is 13.7. The van der Waals surface area contributed by atoms with E-state index >= 15 is 0 Å². The Morgan fingerprint density at radius 1 is 0.963 bits per heavy atom. The lowest BCUT2D eigenvalue weighted by Crippen LogP contribution is -2.50. The summed E-state index contributed by atoms with van der Waals surface area (Å²) in [7, 11) is 0. The fraction of sp³-hybridized carbons (Fsp3) is 0.318. The van der Waals surface area contributed by atoms with Crippen LogP contribution in [0.3, 0.4) is 0 Å². The number of rotatable bonds is 6. The van der Waals surface area contributed by atoms with Crippen LogP contribution in [0.2, 0.25) is 0 Å². The van der Waals surface area contributed by atoms with Gasteiger partial charge in [-0.3, -0.25) is 19.3 Å². The van der Waals surface area contributed by atoms with Crippen LogP contribution in [0, 0.1) is 12.8 Å². The van der Waals surface area contributed by atoms with Crippen LogP contribution in [0.4, 0.5) is 0 Å². The summed E-state index contributed by atoms with van der Waals surface area (Å²) in [6.45, 7) is 6.29. The Hall–Kier alpha value is -2.95. The van der Waals surface area contributed by atoms with Gasteiger partial charge in [0.1, 0.15) is 6.04 Å². The zero-order valence-corrected chi connectivity index (χ0v) is 15.9. The molecule has 1 aliphatic heterocycles. The molecule has 2 aromatic carbocycles. The first kappa shape index (κ1) is 18.8.